The molecule has 37 heavy (non-hydrogen) atoms. The number of unbranched alkanes of at least 4 members (excludes halogenated alkanes) is 2. The second kappa shape index (κ2) is 12.8. The minimum absolute atomic E-state index is 0.279. The maximum atomic E-state index is 13.9. The highest BCUT2D eigenvalue weighted by atomic mass is 32.3. The third kappa shape index (κ3) is 7.20. The molecule has 0 saturated heterocycles. The molecular weight excluding hydrogens is 511 g/mol. The predicted molar refractivity (Wildman–Crippen MR) is 153 cm³/mol. The van der Waals surface area contributed by atoms with E-state index in [2.05, 4.69) is 24.1 Å². The van der Waals surface area contributed by atoms with E-state index < -0.39 is 22.6 Å². The van der Waals surface area contributed by atoms with Crippen molar-refractivity contribution in [2.75, 3.05) is 23.5 Å². The summed E-state index contributed by atoms with van der Waals surface area (Å²) in [4.78, 5) is 14.9. The monoisotopic (exact) mass is 552 g/mol. The molecule has 0 aromatic heterocycles. The summed E-state index contributed by atoms with van der Waals surface area (Å²) >= 11 is 1.53. The zero-order chi connectivity index (χ0) is 27.2. The molecule has 9 heteroatoms. The van der Waals surface area contributed by atoms with Crippen LogP contribution in [0.15, 0.2) is 46.2 Å². The van der Waals surface area contributed by atoms with Crippen molar-refractivity contribution in [1.82, 2.24) is 5.32 Å². The van der Waals surface area contributed by atoms with E-state index in [1.54, 1.807) is 19.1 Å². The van der Waals surface area contributed by atoms with Gasteiger partial charge in [-0.25, -0.2) is 4.39 Å². The molecule has 1 heterocycles. The predicted octanol–water partition coefficient (Wildman–Crippen LogP) is 7.74. The fraction of sp³-hybridized carbons (Fsp3) is 0.536. The number of aliphatic carboxylic acids is 1. The smallest absolute Gasteiger partial charge is 0.320 e. The lowest BCUT2D eigenvalue weighted by atomic mass is 9.79. The molecule has 0 spiro atoms. The quantitative estimate of drug-likeness (QED) is 0.200. The van der Waals surface area contributed by atoms with Gasteiger partial charge < -0.3 is 15.3 Å². The first kappa shape index (κ1) is 29.8. The molecule has 0 aliphatic carbocycles. The van der Waals surface area contributed by atoms with E-state index >= 15 is 0 Å². The highest BCUT2D eigenvalue weighted by Gasteiger charge is 2.42. The van der Waals surface area contributed by atoms with Crippen LogP contribution in [0, 0.1) is 11.2 Å². The molecule has 206 valence electrons. The van der Waals surface area contributed by atoms with Gasteiger partial charge >= 0.3 is 5.97 Å². The number of nitrogens with zero attached hydrogens (tertiary/aromatic N) is 1. The molecule has 2 aromatic rings. The standard InChI is InChI=1S/C28H41FN2O4S2/c1-5-7-13-28(14-8-6-2)18-31(23-11-9-22(29)10-12-23)24-16-25(36-4)21(17-30-20(3)27(32)33)15-26(24)37(34,35)19-28/h9-12,15-16,20,30,34-35H,5-8,13-14,17-19H2,1-4H3,(H,32,33). The van der Waals surface area contributed by atoms with Gasteiger partial charge in [0.2, 0.25) is 0 Å². The number of benzene rings is 2. The van der Waals surface area contributed by atoms with E-state index in [0.717, 1.165) is 60.4 Å². The number of hydrogen-bond donors (Lipinski definition) is 4. The normalized spacial score (nSPS) is 18.1. The van der Waals surface area contributed by atoms with E-state index in [4.69, 9.17) is 0 Å². The molecule has 2 aromatic carbocycles. The van der Waals surface area contributed by atoms with Gasteiger partial charge in [0.25, 0.3) is 0 Å². The van der Waals surface area contributed by atoms with Crippen LogP contribution in [0.5, 0.6) is 0 Å². The highest BCUT2D eigenvalue weighted by Crippen LogP contribution is 2.61. The van der Waals surface area contributed by atoms with Crippen LogP contribution in [0.2, 0.25) is 0 Å². The van der Waals surface area contributed by atoms with Crippen molar-refractivity contribution < 1.29 is 23.4 Å². The van der Waals surface area contributed by atoms with Gasteiger partial charge in [-0.05, 0) is 68.0 Å². The third-order valence-electron chi connectivity index (χ3n) is 7.23. The van der Waals surface area contributed by atoms with Gasteiger partial charge in [-0.1, -0.05) is 39.5 Å². The molecule has 1 aliphatic heterocycles. The van der Waals surface area contributed by atoms with Gasteiger partial charge in [0.15, 0.2) is 0 Å². The Morgan fingerprint density at radius 2 is 1.78 bits per heavy atom. The number of carbonyl (C=O) groups is 1. The maximum absolute atomic E-state index is 13.9. The summed E-state index contributed by atoms with van der Waals surface area (Å²) in [5.74, 6) is -0.976. The molecule has 1 atom stereocenters. The van der Waals surface area contributed by atoms with Crippen molar-refractivity contribution in [3.63, 3.8) is 0 Å². The van der Waals surface area contributed by atoms with Crippen LogP contribution in [0.25, 0.3) is 0 Å². The maximum Gasteiger partial charge on any atom is 0.320 e. The van der Waals surface area contributed by atoms with Crippen LogP contribution in [0.1, 0.15) is 64.9 Å². The van der Waals surface area contributed by atoms with E-state index in [0.29, 0.717) is 18.0 Å². The summed E-state index contributed by atoms with van der Waals surface area (Å²) in [5.41, 5.74) is 2.05. The van der Waals surface area contributed by atoms with Crippen molar-refractivity contribution in [2.24, 2.45) is 5.41 Å². The largest absolute Gasteiger partial charge is 0.480 e. The summed E-state index contributed by atoms with van der Waals surface area (Å²) in [6, 6.07) is 9.48. The zero-order valence-corrected chi connectivity index (χ0v) is 23.9. The zero-order valence-electron chi connectivity index (χ0n) is 22.3. The van der Waals surface area contributed by atoms with Crippen molar-refractivity contribution in [3.8, 4) is 0 Å². The first-order valence-electron chi connectivity index (χ1n) is 13.0. The Kier molecular flexibility index (Phi) is 10.3. The Labute approximate surface area is 226 Å². The summed E-state index contributed by atoms with van der Waals surface area (Å²) in [6.45, 7) is 6.79. The summed E-state index contributed by atoms with van der Waals surface area (Å²) in [5, 5.41) is 12.3. The lowest BCUT2D eigenvalue weighted by molar-refractivity contribution is -0.139. The number of thioether (sulfide) groups is 1. The minimum atomic E-state index is -3.17. The number of rotatable bonds is 12. The fourth-order valence-electron chi connectivity index (χ4n) is 5.10. The number of carboxylic acid groups (broad SMARTS) is 1. The fourth-order valence-corrected chi connectivity index (χ4v) is 7.94. The first-order chi connectivity index (χ1) is 17.6. The van der Waals surface area contributed by atoms with Crippen LogP contribution in [-0.2, 0) is 11.3 Å². The van der Waals surface area contributed by atoms with Gasteiger partial charge in [0.1, 0.15) is 11.9 Å². The summed E-state index contributed by atoms with van der Waals surface area (Å²) in [6.07, 6.45) is 7.73. The topological polar surface area (TPSA) is 93.0 Å². The molecule has 3 rings (SSSR count). The molecule has 6 nitrogen and oxygen atoms in total. The molecule has 0 radical (unpaired) electrons. The molecule has 0 bridgehead atoms. The SMILES string of the molecule is CCCCC1(CCCC)CN(c2ccc(F)cc2)c2cc(SC)c(CNC(C)C(=O)O)cc2S(O)(O)C1. The van der Waals surface area contributed by atoms with Crippen LogP contribution in [0.3, 0.4) is 0 Å². The van der Waals surface area contributed by atoms with E-state index in [9.17, 15) is 23.4 Å². The average molecular weight is 553 g/mol. The number of anilines is 2. The first-order valence-corrected chi connectivity index (χ1v) is 16.0. The Balaban J connectivity index is 2.19. The number of hydrogen-bond acceptors (Lipinski definition) is 6. The Bertz CT molecular complexity index is 1060. The summed E-state index contributed by atoms with van der Waals surface area (Å²) in [7, 11) is -3.17. The molecule has 0 amide bonds. The van der Waals surface area contributed by atoms with Crippen molar-refractivity contribution in [3.05, 3.63) is 47.8 Å². The average Bonchev–Trinajstić information content (AvgIpc) is 2.96. The lowest BCUT2D eigenvalue weighted by Gasteiger charge is -2.42. The van der Waals surface area contributed by atoms with Gasteiger partial charge in [-0.3, -0.25) is 13.9 Å². The highest BCUT2D eigenvalue weighted by molar-refractivity contribution is 8.24. The molecular formula is C28H41FN2O4S2. The van der Waals surface area contributed by atoms with Gasteiger partial charge in [-0.2, -0.15) is 10.6 Å². The van der Waals surface area contributed by atoms with E-state index in [1.165, 1.54) is 23.9 Å². The number of halogens is 1. The number of fused-ring (bicyclic) bond motifs is 1. The van der Waals surface area contributed by atoms with Gasteiger partial charge in [0, 0.05) is 34.8 Å². The second-order valence-corrected chi connectivity index (χ2v) is 13.1. The van der Waals surface area contributed by atoms with E-state index in [1.807, 2.05) is 18.4 Å². The number of carboxylic acids is 1. The molecule has 1 unspecified atom stereocenters. The molecule has 4 N–H and O–H groups in total. The minimum Gasteiger partial charge on any atom is -0.480 e. The van der Waals surface area contributed by atoms with Crippen molar-refractivity contribution in [1.29, 1.82) is 0 Å². The van der Waals surface area contributed by atoms with Crippen LogP contribution < -0.4 is 10.2 Å². The lowest BCUT2D eigenvalue weighted by Crippen LogP contribution is -2.37. The third-order valence-corrected chi connectivity index (χ3v) is 10.1. The summed E-state index contributed by atoms with van der Waals surface area (Å²) < 4.78 is 37.3. The second-order valence-electron chi connectivity index (χ2n) is 10.2. The van der Waals surface area contributed by atoms with E-state index in [-0.39, 0.29) is 17.0 Å². The van der Waals surface area contributed by atoms with Crippen molar-refractivity contribution >= 4 is 39.7 Å². The molecule has 0 fully saturated rings. The van der Waals surface area contributed by atoms with Crippen molar-refractivity contribution in [2.45, 2.75) is 81.7 Å². The number of nitrogens with one attached hydrogen (secondary N) is 1. The van der Waals surface area contributed by atoms with Crippen LogP contribution >= 0.6 is 22.4 Å². The van der Waals surface area contributed by atoms with Gasteiger partial charge in [-0.15, -0.1) is 11.8 Å². The molecule has 0 saturated carbocycles. The van der Waals surface area contributed by atoms with Gasteiger partial charge in [0.05, 0.1) is 10.6 Å². The Morgan fingerprint density at radius 3 is 2.32 bits per heavy atom. The molecule has 1 aliphatic rings. The van der Waals surface area contributed by atoms with Crippen LogP contribution in [0.4, 0.5) is 15.8 Å². The van der Waals surface area contributed by atoms with Crippen LogP contribution in [-0.4, -0.2) is 44.8 Å². The Morgan fingerprint density at radius 1 is 1.16 bits per heavy atom. The Hall–Kier alpha value is -1.78.